The van der Waals surface area contributed by atoms with Crippen LogP contribution in [-0.4, -0.2) is 41.9 Å². The lowest BCUT2D eigenvalue weighted by molar-refractivity contribution is -0.143. The van der Waals surface area contributed by atoms with Crippen LogP contribution in [0.3, 0.4) is 0 Å². The molecule has 18 heavy (non-hydrogen) atoms. The largest absolute Gasteiger partial charge is 0.481 e. The Morgan fingerprint density at radius 2 is 1.83 bits per heavy atom. The fourth-order valence-electron chi connectivity index (χ4n) is 1.11. The summed E-state index contributed by atoms with van der Waals surface area (Å²) >= 11 is 0. The number of carboxylic acid groups (broad SMARTS) is 1. The van der Waals surface area contributed by atoms with Gasteiger partial charge in [0.15, 0.2) is 0 Å². The number of alkyl carbamates (subject to hydrolysis) is 1. The number of rotatable bonds is 5. The van der Waals surface area contributed by atoms with E-state index in [1.807, 2.05) is 0 Å². The highest BCUT2D eigenvalue weighted by atomic mass is 16.6. The van der Waals surface area contributed by atoms with Gasteiger partial charge in [0.05, 0.1) is 7.11 Å². The molecule has 0 aromatic heterocycles. The molecule has 0 heterocycles. The molecule has 0 rings (SSSR count). The average molecular weight is 261 g/mol. The normalized spacial score (nSPS) is 12.4. The number of esters is 1. The highest BCUT2D eigenvalue weighted by Crippen LogP contribution is 2.08. The Morgan fingerprint density at radius 1 is 1.28 bits per heavy atom. The van der Waals surface area contributed by atoms with E-state index in [0.717, 1.165) is 7.11 Å². The van der Waals surface area contributed by atoms with Gasteiger partial charge in [-0.3, -0.25) is 4.79 Å². The SMILES string of the molecule is COC(=O)[C@H](CCC(=O)O)NC(=O)OC(C)(C)C. The minimum atomic E-state index is -1.06. The summed E-state index contributed by atoms with van der Waals surface area (Å²) in [5.41, 5.74) is -0.697. The molecular formula is C11H19NO6. The van der Waals surface area contributed by atoms with E-state index in [1.54, 1.807) is 20.8 Å². The van der Waals surface area contributed by atoms with E-state index in [1.165, 1.54) is 0 Å². The maximum Gasteiger partial charge on any atom is 0.408 e. The monoisotopic (exact) mass is 261 g/mol. The Hall–Kier alpha value is -1.79. The number of amides is 1. The van der Waals surface area contributed by atoms with Crippen molar-refractivity contribution in [2.24, 2.45) is 0 Å². The smallest absolute Gasteiger partial charge is 0.408 e. The van der Waals surface area contributed by atoms with Crippen LogP contribution in [0, 0.1) is 0 Å². The van der Waals surface area contributed by atoms with Gasteiger partial charge in [-0.15, -0.1) is 0 Å². The van der Waals surface area contributed by atoms with Crippen molar-refractivity contribution in [1.82, 2.24) is 5.32 Å². The van der Waals surface area contributed by atoms with Gasteiger partial charge in [-0.05, 0) is 27.2 Å². The molecule has 0 aliphatic carbocycles. The van der Waals surface area contributed by atoms with Gasteiger partial charge >= 0.3 is 18.0 Å². The number of aliphatic carboxylic acids is 1. The summed E-state index contributed by atoms with van der Waals surface area (Å²) in [6.07, 6.45) is -1.10. The minimum Gasteiger partial charge on any atom is -0.481 e. The Kier molecular flexibility index (Phi) is 6.15. The maximum atomic E-state index is 11.4. The van der Waals surface area contributed by atoms with Crippen LogP contribution in [0.25, 0.3) is 0 Å². The van der Waals surface area contributed by atoms with Crippen molar-refractivity contribution in [3.63, 3.8) is 0 Å². The first-order valence-electron chi connectivity index (χ1n) is 5.45. The molecule has 0 bridgehead atoms. The summed E-state index contributed by atoms with van der Waals surface area (Å²) in [6, 6.07) is -1.03. The second kappa shape index (κ2) is 6.83. The topological polar surface area (TPSA) is 102 Å². The van der Waals surface area contributed by atoms with Crippen LogP contribution in [0.1, 0.15) is 33.6 Å². The highest BCUT2D eigenvalue weighted by molar-refractivity contribution is 5.82. The summed E-state index contributed by atoms with van der Waals surface area (Å²) in [6.45, 7) is 5.03. The fourth-order valence-corrected chi connectivity index (χ4v) is 1.11. The van der Waals surface area contributed by atoms with Crippen LogP contribution in [0.4, 0.5) is 4.79 Å². The fraction of sp³-hybridized carbons (Fsp3) is 0.727. The molecule has 1 amide bonds. The summed E-state index contributed by atoms with van der Waals surface area (Å²) in [7, 11) is 1.16. The molecule has 0 aromatic rings. The number of carboxylic acids is 1. The number of carbonyl (C=O) groups is 3. The molecule has 7 nitrogen and oxygen atoms in total. The predicted molar refractivity (Wildman–Crippen MR) is 62.0 cm³/mol. The summed E-state index contributed by atoms with van der Waals surface area (Å²) in [5.74, 6) is -1.77. The van der Waals surface area contributed by atoms with Crippen molar-refractivity contribution >= 4 is 18.0 Å². The molecule has 7 heteroatoms. The zero-order valence-corrected chi connectivity index (χ0v) is 11.0. The zero-order chi connectivity index (χ0) is 14.3. The Labute approximate surface area is 105 Å². The van der Waals surface area contributed by atoms with Crippen LogP contribution >= 0.6 is 0 Å². The van der Waals surface area contributed by atoms with E-state index < -0.39 is 29.7 Å². The first-order chi connectivity index (χ1) is 8.15. The summed E-state index contributed by atoms with van der Waals surface area (Å²) in [5, 5.41) is 10.8. The van der Waals surface area contributed by atoms with Gasteiger partial charge in [-0.1, -0.05) is 0 Å². The molecule has 0 spiro atoms. The molecule has 0 aliphatic rings. The number of methoxy groups -OCH3 is 1. The third-order valence-corrected chi connectivity index (χ3v) is 1.82. The van der Waals surface area contributed by atoms with Gasteiger partial charge in [-0.2, -0.15) is 0 Å². The van der Waals surface area contributed by atoms with Crippen LogP contribution < -0.4 is 5.32 Å². The molecule has 0 unspecified atom stereocenters. The molecule has 0 saturated carbocycles. The van der Waals surface area contributed by atoms with E-state index in [-0.39, 0.29) is 12.8 Å². The molecular weight excluding hydrogens is 242 g/mol. The van der Waals surface area contributed by atoms with E-state index >= 15 is 0 Å². The lowest BCUT2D eigenvalue weighted by Gasteiger charge is -2.22. The van der Waals surface area contributed by atoms with Crippen LogP contribution in [0.5, 0.6) is 0 Å². The molecule has 1 atom stereocenters. The van der Waals surface area contributed by atoms with Crippen molar-refractivity contribution in [3.8, 4) is 0 Å². The molecule has 2 N–H and O–H groups in total. The minimum absolute atomic E-state index is 0.0543. The first-order valence-corrected chi connectivity index (χ1v) is 5.45. The predicted octanol–water partition coefficient (Wildman–Crippen LogP) is 0.917. The highest BCUT2D eigenvalue weighted by Gasteiger charge is 2.25. The summed E-state index contributed by atoms with van der Waals surface area (Å²) < 4.78 is 9.44. The Bertz CT molecular complexity index is 320. The third kappa shape index (κ3) is 7.48. The lowest BCUT2D eigenvalue weighted by Crippen LogP contribution is -2.44. The molecule has 0 radical (unpaired) electrons. The Morgan fingerprint density at radius 3 is 2.22 bits per heavy atom. The molecule has 0 aromatic carbocycles. The van der Waals surface area contributed by atoms with E-state index in [9.17, 15) is 14.4 Å². The second-order valence-corrected chi connectivity index (χ2v) is 4.65. The summed E-state index contributed by atoms with van der Waals surface area (Å²) in [4.78, 5) is 33.2. The van der Waals surface area contributed by atoms with Crippen molar-refractivity contribution < 1.29 is 29.0 Å². The average Bonchev–Trinajstić information content (AvgIpc) is 2.20. The van der Waals surface area contributed by atoms with Crippen molar-refractivity contribution in [3.05, 3.63) is 0 Å². The van der Waals surface area contributed by atoms with Gasteiger partial charge in [0.1, 0.15) is 11.6 Å². The van der Waals surface area contributed by atoms with Crippen LogP contribution in [0.15, 0.2) is 0 Å². The van der Waals surface area contributed by atoms with Gasteiger partial charge < -0.3 is 19.9 Å². The van der Waals surface area contributed by atoms with E-state index in [4.69, 9.17) is 9.84 Å². The second-order valence-electron chi connectivity index (χ2n) is 4.65. The molecule has 104 valence electrons. The van der Waals surface area contributed by atoms with Crippen molar-refractivity contribution in [2.75, 3.05) is 7.11 Å². The third-order valence-electron chi connectivity index (χ3n) is 1.82. The van der Waals surface area contributed by atoms with Crippen molar-refractivity contribution in [2.45, 2.75) is 45.3 Å². The van der Waals surface area contributed by atoms with Gasteiger partial charge in [0.2, 0.25) is 0 Å². The van der Waals surface area contributed by atoms with Crippen LogP contribution in [0.2, 0.25) is 0 Å². The number of hydrogen-bond acceptors (Lipinski definition) is 5. The number of nitrogens with one attached hydrogen (secondary N) is 1. The maximum absolute atomic E-state index is 11.4. The van der Waals surface area contributed by atoms with E-state index in [2.05, 4.69) is 10.1 Å². The molecule has 0 saturated heterocycles. The van der Waals surface area contributed by atoms with E-state index in [0.29, 0.717) is 0 Å². The van der Waals surface area contributed by atoms with Crippen molar-refractivity contribution in [1.29, 1.82) is 0 Å². The van der Waals surface area contributed by atoms with Gasteiger partial charge in [0, 0.05) is 6.42 Å². The van der Waals surface area contributed by atoms with Gasteiger partial charge in [-0.25, -0.2) is 9.59 Å². The molecule has 0 fully saturated rings. The number of carbonyl (C=O) groups excluding carboxylic acids is 2. The standard InChI is InChI=1S/C11H19NO6/c1-11(2,3)18-10(16)12-7(9(15)17-4)5-6-8(13)14/h7H,5-6H2,1-4H3,(H,12,16)(H,13,14)/t7-/m0/s1. The quantitative estimate of drug-likeness (QED) is 0.713. The number of hydrogen-bond donors (Lipinski definition) is 2. The Balaban J connectivity index is 4.45. The lowest BCUT2D eigenvalue weighted by atomic mass is 10.1. The first kappa shape index (κ1) is 16.2. The number of ether oxygens (including phenoxy) is 2. The molecule has 0 aliphatic heterocycles. The van der Waals surface area contributed by atoms with Gasteiger partial charge in [0.25, 0.3) is 0 Å². The van der Waals surface area contributed by atoms with Crippen LogP contribution in [-0.2, 0) is 19.1 Å². The zero-order valence-electron chi connectivity index (χ0n) is 11.0.